The first-order valence-electron chi connectivity index (χ1n) is 14.7. The summed E-state index contributed by atoms with van der Waals surface area (Å²) in [4.78, 5) is 28.5. The Labute approximate surface area is 259 Å². The lowest BCUT2D eigenvalue weighted by Gasteiger charge is -2.34. The summed E-state index contributed by atoms with van der Waals surface area (Å²) in [6.45, 7) is 7.70. The lowest BCUT2D eigenvalue weighted by Crippen LogP contribution is -2.51. The van der Waals surface area contributed by atoms with Gasteiger partial charge in [0.25, 0.3) is 10.0 Å². The Balaban J connectivity index is 1.61. The zero-order chi connectivity index (χ0) is 31.9. The molecule has 0 radical (unpaired) electrons. The van der Waals surface area contributed by atoms with Crippen LogP contribution in [0.3, 0.4) is 0 Å². The summed E-state index contributed by atoms with van der Waals surface area (Å²) < 4.78 is 34.5. The first kappa shape index (κ1) is 32.5. The molecule has 9 nitrogen and oxygen atoms in total. The van der Waals surface area contributed by atoms with Crippen molar-refractivity contribution in [3.05, 3.63) is 101 Å². The SMILES string of the molecule is CCC(C)C(C(=O)NC)N(Cc1ccc(-c2ccccc2S(=O)(=O)Nc2onc(C)c2C)cc1)C(=O)CCc1ccccc1. The molecular weight excluding hydrogens is 576 g/mol. The van der Waals surface area contributed by atoms with Crippen molar-refractivity contribution in [3.8, 4) is 11.1 Å². The quantitative estimate of drug-likeness (QED) is 0.194. The van der Waals surface area contributed by atoms with E-state index in [9.17, 15) is 18.0 Å². The van der Waals surface area contributed by atoms with Gasteiger partial charge in [0.05, 0.1) is 10.6 Å². The molecule has 0 fully saturated rings. The van der Waals surface area contributed by atoms with Crippen LogP contribution in [0.2, 0.25) is 0 Å². The van der Waals surface area contributed by atoms with Gasteiger partial charge in [-0.3, -0.25) is 9.59 Å². The third-order valence-electron chi connectivity index (χ3n) is 8.00. The molecule has 0 saturated carbocycles. The number of nitrogens with zero attached hydrogens (tertiary/aromatic N) is 2. The molecule has 2 atom stereocenters. The van der Waals surface area contributed by atoms with Crippen molar-refractivity contribution in [1.29, 1.82) is 0 Å². The topological polar surface area (TPSA) is 122 Å². The van der Waals surface area contributed by atoms with E-state index < -0.39 is 16.1 Å². The fourth-order valence-corrected chi connectivity index (χ4v) is 6.35. The number of hydrogen-bond acceptors (Lipinski definition) is 6. The third-order valence-corrected chi connectivity index (χ3v) is 9.39. The number of sulfonamides is 1. The molecule has 4 rings (SSSR count). The number of carbonyl (C=O) groups excluding carboxylic acids is 2. The molecule has 0 aliphatic carbocycles. The van der Waals surface area contributed by atoms with Crippen LogP contribution in [0.25, 0.3) is 11.1 Å². The number of carbonyl (C=O) groups is 2. The van der Waals surface area contributed by atoms with E-state index >= 15 is 0 Å². The number of benzene rings is 3. The van der Waals surface area contributed by atoms with Gasteiger partial charge in [0.15, 0.2) is 0 Å². The van der Waals surface area contributed by atoms with Gasteiger partial charge in [0.1, 0.15) is 6.04 Å². The highest BCUT2D eigenvalue weighted by atomic mass is 32.2. The number of aromatic nitrogens is 1. The molecule has 44 heavy (non-hydrogen) atoms. The summed E-state index contributed by atoms with van der Waals surface area (Å²) in [6.07, 6.45) is 1.57. The first-order valence-corrected chi connectivity index (χ1v) is 16.2. The number of aryl methyl sites for hydroxylation is 2. The van der Waals surface area contributed by atoms with Crippen LogP contribution in [0.15, 0.2) is 88.3 Å². The van der Waals surface area contributed by atoms with Crippen LogP contribution < -0.4 is 10.0 Å². The second-order valence-corrected chi connectivity index (χ2v) is 12.6. The van der Waals surface area contributed by atoms with Crippen LogP contribution in [0, 0.1) is 19.8 Å². The van der Waals surface area contributed by atoms with Gasteiger partial charge in [0, 0.05) is 31.1 Å². The summed E-state index contributed by atoms with van der Waals surface area (Å²) in [7, 11) is -2.40. The van der Waals surface area contributed by atoms with Crippen molar-refractivity contribution in [1.82, 2.24) is 15.4 Å². The number of rotatable bonds is 13. The largest absolute Gasteiger partial charge is 0.357 e. The number of anilines is 1. The molecule has 10 heteroatoms. The van der Waals surface area contributed by atoms with E-state index in [-0.39, 0.29) is 41.5 Å². The molecule has 1 heterocycles. The monoisotopic (exact) mass is 616 g/mol. The second kappa shape index (κ2) is 14.4. The molecule has 2 amide bonds. The third kappa shape index (κ3) is 7.55. The summed E-state index contributed by atoms with van der Waals surface area (Å²) in [6, 6.07) is 23.3. The van der Waals surface area contributed by atoms with E-state index in [1.807, 2.05) is 68.4 Å². The highest BCUT2D eigenvalue weighted by Crippen LogP contribution is 2.30. The molecule has 2 unspecified atom stereocenters. The highest BCUT2D eigenvalue weighted by molar-refractivity contribution is 7.92. The Kier molecular flexibility index (Phi) is 10.6. The Morgan fingerprint density at radius 2 is 1.59 bits per heavy atom. The Morgan fingerprint density at radius 1 is 0.932 bits per heavy atom. The summed E-state index contributed by atoms with van der Waals surface area (Å²) >= 11 is 0. The van der Waals surface area contributed by atoms with Crippen molar-refractivity contribution in [2.75, 3.05) is 11.8 Å². The summed E-state index contributed by atoms with van der Waals surface area (Å²) in [5.41, 5.74) is 4.30. The molecule has 0 spiro atoms. The molecular formula is C34H40N4O5S. The van der Waals surface area contributed by atoms with Gasteiger partial charge in [-0.05, 0) is 48.9 Å². The maximum atomic E-state index is 13.7. The van der Waals surface area contributed by atoms with Gasteiger partial charge in [0.2, 0.25) is 17.7 Å². The Hall–Kier alpha value is -4.44. The molecule has 232 valence electrons. The maximum Gasteiger partial charge on any atom is 0.264 e. The first-order chi connectivity index (χ1) is 21.1. The Morgan fingerprint density at radius 3 is 2.20 bits per heavy atom. The average molecular weight is 617 g/mol. The fourth-order valence-electron chi connectivity index (χ4n) is 5.07. The minimum absolute atomic E-state index is 0.0590. The maximum absolute atomic E-state index is 13.7. The van der Waals surface area contributed by atoms with Crippen LogP contribution >= 0.6 is 0 Å². The molecule has 4 aromatic rings. The molecule has 0 saturated heterocycles. The number of hydrogen-bond donors (Lipinski definition) is 2. The van der Waals surface area contributed by atoms with Crippen LogP contribution in [0.4, 0.5) is 5.88 Å². The lowest BCUT2D eigenvalue weighted by atomic mass is 9.95. The van der Waals surface area contributed by atoms with Gasteiger partial charge in [-0.1, -0.05) is 98.2 Å². The van der Waals surface area contributed by atoms with E-state index in [0.717, 1.165) is 17.5 Å². The second-order valence-electron chi connectivity index (χ2n) is 11.0. The van der Waals surface area contributed by atoms with Gasteiger partial charge >= 0.3 is 0 Å². The smallest absolute Gasteiger partial charge is 0.264 e. The van der Waals surface area contributed by atoms with Crippen LogP contribution in [-0.2, 0) is 32.6 Å². The van der Waals surface area contributed by atoms with Crippen molar-refractivity contribution in [3.63, 3.8) is 0 Å². The van der Waals surface area contributed by atoms with Crippen LogP contribution in [0.5, 0.6) is 0 Å². The molecule has 0 aliphatic heterocycles. The predicted molar refractivity (Wildman–Crippen MR) is 171 cm³/mol. The average Bonchev–Trinajstić information content (AvgIpc) is 3.35. The van der Waals surface area contributed by atoms with E-state index in [1.165, 1.54) is 6.07 Å². The normalized spacial score (nSPS) is 12.8. The number of amides is 2. The lowest BCUT2D eigenvalue weighted by molar-refractivity contribution is -0.143. The van der Waals surface area contributed by atoms with Gasteiger partial charge in [-0.15, -0.1) is 0 Å². The standard InChI is InChI=1S/C34H40N4O5S/c1-6-23(2)32(33(40)35-5)38(31(39)21-18-26-12-8-7-9-13-26)22-27-16-19-28(20-17-27)29-14-10-11-15-30(29)44(41,42)37-34-24(3)25(4)36-43-34/h7-17,19-20,23,32,37H,6,18,21-22H2,1-5H3,(H,35,40). The number of likely N-dealkylation sites (N-methyl/N-ethyl adjacent to an activating group) is 1. The van der Waals surface area contributed by atoms with Crippen molar-refractivity contribution in [2.45, 2.75) is 64.4 Å². The molecule has 0 bridgehead atoms. The van der Waals surface area contributed by atoms with Crippen molar-refractivity contribution < 1.29 is 22.5 Å². The molecule has 2 N–H and O–H groups in total. The summed E-state index contributed by atoms with van der Waals surface area (Å²) in [5.74, 6) is -0.284. The highest BCUT2D eigenvalue weighted by Gasteiger charge is 2.33. The van der Waals surface area contributed by atoms with Gasteiger partial charge < -0.3 is 14.7 Å². The minimum atomic E-state index is -3.99. The zero-order valence-electron chi connectivity index (χ0n) is 25.8. The molecule has 1 aromatic heterocycles. The van der Waals surface area contributed by atoms with Gasteiger partial charge in [-0.2, -0.15) is 0 Å². The fraction of sp³-hybridized carbons (Fsp3) is 0.324. The Bertz CT molecular complexity index is 1680. The number of nitrogens with one attached hydrogen (secondary N) is 2. The van der Waals surface area contributed by atoms with Crippen LogP contribution in [-0.4, -0.2) is 43.4 Å². The van der Waals surface area contributed by atoms with E-state index in [2.05, 4.69) is 15.2 Å². The summed E-state index contributed by atoms with van der Waals surface area (Å²) in [5, 5.41) is 6.58. The predicted octanol–water partition coefficient (Wildman–Crippen LogP) is 5.88. The zero-order valence-corrected chi connectivity index (χ0v) is 26.6. The molecule has 3 aromatic carbocycles. The molecule has 0 aliphatic rings. The van der Waals surface area contributed by atoms with Crippen molar-refractivity contribution in [2.24, 2.45) is 5.92 Å². The van der Waals surface area contributed by atoms with E-state index in [1.54, 1.807) is 44.0 Å². The van der Waals surface area contributed by atoms with E-state index in [4.69, 9.17) is 4.52 Å². The van der Waals surface area contributed by atoms with E-state index in [0.29, 0.717) is 28.8 Å². The van der Waals surface area contributed by atoms with Crippen molar-refractivity contribution >= 4 is 27.7 Å². The minimum Gasteiger partial charge on any atom is -0.357 e. The van der Waals surface area contributed by atoms with Gasteiger partial charge in [-0.25, -0.2) is 13.1 Å². The van der Waals surface area contributed by atoms with Crippen LogP contribution in [0.1, 0.15) is 49.1 Å².